The third kappa shape index (κ3) is 6.31. The van der Waals surface area contributed by atoms with Crippen LogP contribution < -0.4 is 5.32 Å². The smallest absolute Gasteiger partial charge is 0.436 e. The number of piperazine rings is 1. The number of aliphatic hydroxyl groups excluding tert-OH is 1. The standard InChI is InChI=1S/C23H30F3N5O3S/c1-15(32)14-34-12-10-30-8-9-31(13-16(30)7-11-33-2)20-19-21(35-22(29-19)23(24,25)26)28-18-6-4-3-5-17(18)27-20/h3-6,15-16,28,32H,7-14H2,1-2H3/p+1/t15-,16-/m0/s1. The maximum atomic E-state index is 13.5. The van der Waals surface area contributed by atoms with Gasteiger partial charge in [0.15, 0.2) is 5.84 Å². The molecule has 2 aromatic rings. The Morgan fingerprint density at radius 1 is 1.31 bits per heavy atom. The maximum Gasteiger partial charge on any atom is 0.443 e. The third-order valence-electron chi connectivity index (χ3n) is 5.93. The first kappa shape index (κ1) is 25.8. The summed E-state index contributed by atoms with van der Waals surface area (Å²) < 4.78 is 50.3. The second-order valence-electron chi connectivity index (χ2n) is 8.66. The zero-order valence-corrected chi connectivity index (χ0v) is 20.6. The number of para-hydroxylation sites is 2. The summed E-state index contributed by atoms with van der Waals surface area (Å²) in [4.78, 5) is 13.1. The summed E-state index contributed by atoms with van der Waals surface area (Å²) in [5, 5.41) is 12.0. The molecule has 0 bridgehead atoms. The zero-order chi connectivity index (χ0) is 25.0. The summed E-state index contributed by atoms with van der Waals surface area (Å²) >= 11 is 0.601. The molecule has 2 atom stereocenters. The summed E-state index contributed by atoms with van der Waals surface area (Å²) in [6, 6.07) is 7.44. The second kappa shape index (κ2) is 11.2. The molecule has 1 aromatic carbocycles. The number of anilines is 2. The van der Waals surface area contributed by atoms with Gasteiger partial charge >= 0.3 is 6.18 Å². The highest BCUT2D eigenvalue weighted by Gasteiger charge is 2.39. The number of aliphatic hydroxyl groups is 3. The first-order chi connectivity index (χ1) is 16.8. The summed E-state index contributed by atoms with van der Waals surface area (Å²) in [7, 11) is 1.77. The van der Waals surface area contributed by atoms with Gasteiger partial charge in [0.25, 0.3) is 0 Å². The van der Waals surface area contributed by atoms with Crippen LogP contribution in [-0.4, -0.2) is 95.7 Å². The van der Waals surface area contributed by atoms with Crippen LogP contribution in [0.3, 0.4) is 0 Å². The molecule has 2 aliphatic heterocycles. The molecule has 2 aliphatic rings. The predicted octanol–water partition coefficient (Wildman–Crippen LogP) is 3.23. The number of hydrogen-bond donors (Lipinski definition) is 2. The average molecular weight is 515 g/mol. The summed E-state index contributed by atoms with van der Waals surface area (Å²) in [6.07, 6.45) is -4.23. The number of rotatable bonds is 8. The number of benzene rings is 1. The zero-order valence-electron chi connectivity index (χ0n) is 19.8. The second-order valence-corrected chi connectivity index (χ2v) is 9.66. The summed E-state index contributed by atoms with van der Waals surface area (Å²) in [5.74, 6) is 0.452. The largest absolute Gasteiger partial charge is 0.443 e. The van der Waals surface area contributed by atoms with E-state index in [4.69, 9.17) is 9.73 Å². The van der Waals surface area contributed by atoms with Gasteiger partial charge in [-0.15, -0.1) is 0 Å². The minimum absolute atomic E-state index is 0.126. The van der Waals surface area contributed by atoms with E-state index in [1.165, 1.54) is 0 Å². The number of hydrogen-bond acceptors (Lipinski definition) is 8. The molecule has 12 heteroatoms. The number of aliphatic imine (C=N–C) groups is 1. The van der Waals surface area contributed by atoms with Gasteiger partial charge in [-0.1, -0.05) is 23.5 Å². The Kier molecular flexibility index (Phi) is 8.27. The molecule has 35 heavy (non-hydrogen) atoms. The topological polar surface area (TPSA) is 86.0 Å². The van der Waals surface area contributed by atoms with Gasteiger partial charge in [-0.25, -0.2) is 9.98 Å². The fraction of sp³-hybridized carbons (Fsp3) is 0.565. The van der Waals surface area contributed by atoms with Crippen LogP contribution in [0, 0.1) is 0 Å². The number of halogens is 3. The number of nitrogens with zero attached hydrogens (tertiary/aromatic N) is 4. The lowest BCUT2D eigenvalue weighted by atomic mass is 10.1. The van der Waals surface area contributed by atoms with Gasteiger partial charge in [0.1, 0.15) is 24.4 Å². The predicted molar refractivity (Wildman–Crippen MR) is 130 cm³/mol. The van der Waals surface area contributed by atoms with Gasteiger partial charge < -0.3 is 24.8 Å². The molecule has 3 heterocycles. The molecule has 1 saturated heterocycles. The number of nitrogens with one attached hydrogen (secondary N) is 1. The number of aromatic nitrogens is 1. The SMILES string of the molecule is C[OH+]CC[C@H]1CN(C2=Nc3ccccc3Nc3sc(C(F)(F)F)nc32)CCN1CCOC[C@H](C)O. The van der Waals surface area contributed by atoms with Crippen LogP contribution >= 0.6 is 11.3 Å². The monoisotopic (exact) mass is 514 g/mol. The summed E-state index contributed by atoms with van der Waals surface area (Å²) in [5.41, 5.74) is 1.54. The Hall–Kier alpha value is -2.25. The molecule has 8 nitrogen and oxygen atoms in total. The molecular formula is C23H31F3N5O3S+. The quantitative estimate of drug-likeness (QED) is 0.416. The van der Waals surface area contributed by atoms with Gasteiger partial charge in [0.05, 0.1) is 30.7 Å². The molecule has 0 aliphatic carbocycles. The third-order valence-corrected chi connectivity index (χ3v) is 6.95. The van der Waals surface area contributed by atoms with Gasteiger partial charge in [0.2, 0.25) is 5.01 Å². The van der Waals surface area contributed by atoms with E-state index >= 15 is 0 Å². The van der Waals surface area contributed by atoms with Crippen molar-refractivity contribution in [1.29, 1.82) is 0 Å². The van der Waals surface area contributed by atoms with E-state index in [0.29, 0.717) is 72.9 Å². The van der Waals surface area contributed by atoms with E-state index in [1.807, 2.05) is 23.1 Å². The van der Waals surface area contributed by atoms with Crippen molar-refractivity contribution in [2.24, 2.45) is 4.99 Å². The molecule has 3 N–H and O–H groups in total. The number of amidine groups is 1. The van der Waals surface area contributed by atoms with E-state index in [2.05, 4.69) is 19.9 Å². The molecule has 1 fully saturated rings. The van der Waals surface area contributed by atoms with Crippen LogP contribution in [0.5, 0.6) is 0 Å². The normalized spacial score (nSPS) is 19.4. The van der Waals surface area contributed by atoms with E-state index in [9.17, 15) is 18.3 Å². The Morgan fingerprint density at radius 2 is 2.11 bits per heavy atom. The molecule has 1 aromatic heterocycles. The number of ether oxygens (including phenoxy) is 2. The number of thiazole rings is 1. The van der Waals surface area contributed by atoms with Crippen LogP contribution in [0.15, 0.2) is 29.3 Å². The molecule has 0 unspecified atom stereocenters. The van der Waals surface area contributed by atoms with Crippen molar-refractivity contribution < 1.29 is 27.8 Å². The first-order valence-corrected chi connectivity index (χ1v) is 12.4. The highest BCUT2D eigenvalue weighted by atomic mass is 32.1. The van der Waals surface area contributed by atoms with Crippen molar-refractivity contribution in [1.82, 2.24) is 14.8 Å². The van der Waals surface area contributed by atoms with Gasteiger partial charge in [-0.05, 0) is 19.1 Å². The Bertz CT molecular complexity index is 1030. The van der Waals surface area contributed by atoms with Crippen molar-refractivity contribution in [3.63, 3.8) is 0 Å². The Morgan fingerprint density at radius 3 is 2.86 bits per heavy atom. The lowest BCUT2D eigenvalue weighted by Gasteiger charge is -2.42. The van der Waals surface area contributed by atoms with Crippen LogP contribution in [0.2, 0.25) is 0 Å². The van der Waals surface area contributed by atoms with E-state index in [0.717, 1.165) is 6.42 Å². The minimum Gasteiger partial charge on any atom is -0.436 e. The van der Waals surface area contributed by atoms with E-state index in [-0.39, 0.29) is 18.3 Å². The van der Waals surface area contributed by atoms with Gasteiger partial charge in [0, 0.05) is 38.6 Å². The van der Waals surface area contributed by atoms with Crippen LogP contribution in [0.1, 0.15) is 24.0 Å². The minimum atomic E-state index is -4.53. The molecule has 0 amide bonds. The summed E-state index contributed by atoms with van der Waals surface area (Å²) in [6.45, 7) is 5.72. The fourth-order valence-electron chi connectivity index (χ4n) is 4.23. The van der Waals surface area contributed by atoms with Crippen LogP contribution in [0.25, 0.3) is 0 Å². The van der Waals surface area contributed by atoms with Gasteiger partial charge in [-0.3, -0.25) is 4.90 Å². The first-order valence-electron chi connectivity index (χ1n) is 11.6. The Labute approximate surface area is 206 Å². The van der Waals surface area contributed by atoms with Crippen molar-refractivity contribution in [2.75, 3.05) is 58.4 Å². The lowest BCUT2D eigenvalue weighted by Crippen LogP contribution is -2.56. The number of alkyl halides is 3. The molecule has 4 rings (SSSR count). The number of fused-ring (bicyclic) bond motifs is 2. The highest BCUT2D eigenvalue weighted by molar-refractivity contribution is 7.16. The van der Waals surface area contributed by atoms with Gasteiger partial charge in [-0.2, -0.15) is 13.2 Å². The molecule has 0 spiro atoms. The van der Waals surface area contributed by atoms with Crippen molar-refractivity contribution in [3.8, 4) is 0 Å². The van der Waals surface area contributed by atoms with Crippen LogP contribution in [0.4, 0.5) is 29.5 Å². The lowest BCUT2D eigenvalue weighted by molar-refractivity contribution is -0.137. The molecule has 0 radical (unpaired) electrons. The molecular weight excluding hydrogens is 483 g/mol. The molecule has 0 saturated carbocycles. The highest BCUT2D eigenvalue weighted by Crippen LogP contribution is 2.42. The average Bonchev–Trinajstić information content (AvgIpc) is 3.17. The van der Waals surface area contributed by atoms with Crippen molar-refractivity contribution in [3.05, 3.63) is 35.0 Å². The maximum absolute atomic E-state index is 13.5. The Balaban J connectivity index is 1.60. The van der Waals surface area contributed by atoms with E-state index < -0.39 is 17.3 Å². The molecule has 192 valence electrons. The van der Waals surface area contributed by atoms with E-state index in [1.54, 1.807) is 20.1 Å². The fourth-order valence-corrected chi connectivity index (χ4v) is 5.07. The van der Waals surface area contributed by atoms with Crippen LogP contribution in [-0.2, 0) is 10.9 Å². The van der Waals surface area contributed by atoms with Crippen molar-refractivity contribution >= 4 is 33.5 Å². The van der Waals surface area contributed by atoms with Crippen molar-refractivity contribution in [2.45, 2.75) is 31.7 Å².